The second kappa shape index (κ2) is 48.2. The van der Waals surface area contributed by atoms with Crippen LogP contribution in [0.2, 0.25) is 0 Å². The predicted molar refractivity (Wildman–Crippen MR) is 185 cm³/mol. The smallest absolute Gasteiger partial charge is 0.0840 e. The molecule has 0 amide bonds. The van der Waals surface area contributed by atoms with E-state index in [0.717, 1.165) is 8.97 Å². The van der Waals surface area contributed by atoms with Gasteiger partial charge in [-0.25, -0.2) is 0 Å². The SMILES string of the molecule is C.C.C.C.C.CCCCCCC[N+](C)(C)CCC[N+](C)(C)C.CCCC[N+](CC)(CC)CCC[N+](C)(C)C.[Br-].[Br-].[Cl-].[Cl-].[U].[W]. The van der Waals surface area contributed by atoms with Crippen LogP contribution in [0.5, 0.6) is 0 Å². The van der Waals surface area contributed by atoms with Crippen molar-refractivity contribution in [3.63, 3.8) is 0 Å². The average molecular weight is 1210 g/mol. The van der Waals surface area contributed by atoms with E-state index in [2.05, 4.69) is 84.1 Å². The molecule has 0 unspecified atom stereocenters. The molecular weight excluding hydrogens is 1120 g/mol. The Labute approximate surface area is 356 Å². The molecule has 0 rings (SSSR count). The number of rotatable bonds is 19. The number of halogens is 4. The number of hydrogen-bond acceptors (Lipinski definition) is 0. The zero-order chi connectivity index (χ0) is 26.0. The summed E-state index contributed by atoms with van der Waals surface area (Å²) in [5, 5.41) is 0. The largest absolute Gasteiger partial charge is 1.00 e. The van der Waals surface area contributed by atoms with Gasteiger partial charge >= 0.3 is 0 Å². The maximum atomic E-state index is 2.38. The predicted octanol–water partition coefficient (Wildman–Crippen LogP) is -2.94. The third-order valence-corrected chi connectivity index (χ3v) is 7.25. The first-order valence-corrected chi connectivity index (χ1v) is 14.4. The molecule has 0 bridgehead atoms. The normalized spacial score (nSPS) is 9.82. The van der Waals surface area contributed by atoms with E-state index >= 15 is 0 Å². The molecule has 10 heteroatoms. The minimum Gasteiger partial charge on any atom is -1.00 e. The molecule has 0 atom stereocenters. The van der Waals surface area contributed by atoms with Gasteiger partial charge < -0.3 is 76.7 Å². The van der Waals surface area contributed by atoms with E-state index in [1.807, 2.05) is 0 Å². The van der Waals surface area contributed by atoms with E-state index in [0.29, 0.717) is 0 Å². The van der Waals surface area contributed by atoms with E-state index in [-0.39, 0.29) is 148 Å². The Balaban J connectivity index is -0.0000000318. The maximum absolute atomic E-state index is 2.38. The first kappa shape index (κ1) is 86.1. The Morgan fingerprint density at radius 3 is 1.00 bits per heavy atom. The Morgan fingerprint density at radius 2 is 0.682 bits per heavy atom. The number of unbranched alkanes of at least 4 members (excludes halogenated alkanes) is 5. The van der Waals surface area contributed by atoms with E-state index in [1.54, 1.807) is 0 Å². The van der Waals surface area contributed by atoms with Gasteiger partial charge in [0.25, 0.3) is 0 Å². The van der Waals surface area contributed by atoms with Crippen LogP contribution in [0.1, 0.15) is 123 Å². The first-order chi connectivity index (χ1) is 15.2. The molecule has 0 aliphatic heterocycles. The monoisotopic (exact) mass is 1200 g/mol. The molecular formula is C34H90Br2Cl2N4UW. The average Bonchev–Trinajstić information content (AvgIpc) is 2.69. The number of nitrogens with zero attached hydrogens (tertiary/aromatic N) is 4. The Kier molecular flexibility index (Phi) is 94.4. The molecule has 0 aromatic rings. The van der Waals surface area contributed by atoms with E-state index in [1.165, 1.54) is 119 Å². The van der Waals surface area contributed by atoms with Gasteiger partial charge in [0, 0.05) is 65.0 Å². The van der Waals surface area contributed by atoms with E-state index in [4.69, 9.17) is 0 Å². The summed E-state index contributed by atoms with van der Waals surface area (Å²) in [5.41, 5.74) is 0. The molecule has 0 aromatic carbocycles. The third kappa shape index (κ3) is 60.4. The Bertz CT molecular complexity index is 466. The molecule has 0 N–H and O–H groups in total. The van der Waals surface area contributed by atoms with E-state index < -0.39 is 0 Å². The first-order valence-electron chi connectivity index (χ1n) is 14.4. The summed E-state index contributed by atoms with van der Waals surface area (Å²) in [7, 11) is 18.5. The van der Waals surface area contributed by atoms with Crippen LogP contribution < -0.4 is 58.8 Å². The van der Waals surface area contributed by atoms with Crippen LogP contribution in [-0.4, -0.2) is 127 Å². The summed E-state index contributed by atoms with van der Waals surface area (Å²) in [4.78, 5) is 0. The summed E-state index contributed by atoms with van der Waals surface area (Å²) in [6, 6.07) is 0. The van der Waals surface area contributed by atoms with Gasteiger partial charge in [-0.05, 0) is 33.1 Å². The molecule has 0 aliphatic carbocycles. The van der Waals surface area contributed by atoms with Crippen molar-refractivity contribution in [3.05, 3.63) is 0 Å². The van der Waals surface area contributed by atoms with Gasteiger partial charge in [-0.15, -0.1) is 0 Å². The van der Waals surface area contributed by atoms with Gasteiger partial charge in [-0.3, -0.25) is 0 Å². The molecule has 4 nitrogen and oxygen atoms in total. The van der Waals surface area contributed by atoms with Gasteiger partial charge in [0.2, 0.25) is 0 Å². The molecule has 0 aromatic heterocycles. The van der Waals surface area contributed by atoms with Crippen LogP contribution in [0.25, 0.3) is 0 Å². The van der Waals surface area contributed by atoms with Crippen LogP contribution in [0, 0.1) is 31.1 Å². The van der Waals surface area contributed by atoms with Crippen molar-refractivity contribution in [3.8, 4) is 0 Å². The van der Waals surface area contributed by atoms with Crippen LogP contribution in [-0.2, 0) is 21.1 Å². The van der Waals surface area contributed by atoms with E-state index in [9.17, 15) is 0 Å². The van der Waals surface area contributed by atoms with Crippen molar-refractivity contribution in [1.82, 2.24) is 0 Å². The molecule has 284 valence electrons. The van der Waals surface area contributed by atoms with Crippen LogP contribution in [0.15, 0.2) is 0 Å². The minimum absolute atomic E-state index is 0. The summed E-state index contributed by atoms with van der Waals surface area (Å²) in [5.74, 6) is 0. The van der Waals surface area contributed by atoms with Crippen molar-refractivity contribution < 1.29 is 129 Å². The quantitative estimate of drug-likeness (QED) is 0.0963. The summed E-state index contributed by atoms with van der Waals surface area (Å²) >= 11 is 0. The summed E-state index contributed by atoms with van der Waals surface area (Å²) in [6.45, 7) is 19.9. The van der Waals surface area contributed by atoms with Crippen molar-refractivity contribution >= 4 is 0 Å². The second-order valence-electron chi connectivity index (χ2n) is 13.3. The Hall–Kier alpha value is 3.12. The van der Waals surface area contributed by atoms with Crippen molar-refractivity contribution in [1.29, 1.82) is 0 Å². The van der Waals surface area contributed by atoms with Gasteiger partial charge in [0.15, 0.2) is 0 Å². The van der Waals surface area contributed by atoms with Crippen molar-refractivity contribution in [2.75, 3.05) is 109 Å². The topological polar surface area (TPSA) is 0 Å². The van der Waals surface area contributed by atoms with Crippen molar-refractivity contribution in [2.45, 2.75) is 123 Å². The second-order valence-corrected chi connectivity index (χ2v) is 13.3. The number of hydrogen-bond donors (Lipinski definition) is 0. The van der Waals surface area contributed by atoms with Gasteiger partial charge in [0.05, 0.1) is 109 Å². The molecule has 0 spiro atoms. The Morgan fingerprint density at radius 1 is 0.386 bits per heavy atom. The fraction of sp³-hybridized carbons (Fsp3) is 1.00. The fourth-order valence-corrected chi connectivity index (χ4v) is 4.57. The van der Waals surface area contributed by atoms with Gasteiger partial charge in [0.1, 0.15) is 0 Å². The summed E-state index contributed by atoms with van der Waals surface area (Å²) < 4.78 is 4.72. The van der Waals surface area contributed by atoms with Crippen LogP contribution in [0.3, 0.4) is 0 Å². The maximum Gasteiger partial charge on any atom is 0.0840 e. The molecule has 0 aliphatic rings. The summed E-state index contributed by atoms with van der Waals surface area (Å²) in [6.07, 6.45) is 12.4. The molecule has 0 heterocycles. The molecule has 44 heavy (non-hydrogen) atoms. The minimum atomic E-state index is 0. The molecule has 0 radical (unpaired) electrons. The standard InChI is InChI=1S/C15H36N2.C14H34N2.5CH4.2BrH.2ClH.U.W/c1-7-8-9-10-11-14-17(5,6)15-12-13-16(2,3)4;1-7-10-13-16(8-2,9-3)14-11-12-15(4,5)6;;;;;;;;;;;/h7-15H2,1-6H3;7-14H2,1-6H3;5*1H4;4*1H;;/q2*+2;;;;;;;;;;;/p-4. The van der Waals surface area contributed by atoms with Crippen molar-refractivity contribution in [2.24, 2.45) is 0 Å². The fourth-order valence-electron chi connectivity index (χ4n) is 4.57. The number of quaternary nitrogens is 4. The van der Waals surface area contributed by atoms with Gasteiger partial charge in [-0.2, -0.15) is 0 Å². The third-order valence-electron chi connectivity index (χ3n) is 7.25. The molecule has 0 saturated carbocycles. The van der Waals surface area contributed by atoms with Crippen LogP contribution >= 0.6 is 0 Å². The molecule has 0 saturated heterocycles. The zero-order valence-electron chi connectivity index (χ0n) is 28.2. The van der Waals surface area contributed by atoms with Crippen LogP contribution in [0.4, 0.5) is 0 Å². The zero-order valence-corrected chi connectivity index (χ0v) is 40.0. The molecule has 0 fully saturated rings. The van der Waals surface area contributed by atoms with Gasteiger partial charge in [-0.1, -0.05) is 76.7 Å².